The zero-order chi connectivity index (χ0) is 14.8. The second-order valence-corrected chi connectivity index (χ2v) is 6.58. The number of fused-ring (bicyclic) bond motifs is 1. The maximum Gasteiger partial charge on any atom is 0.205 e. The third-order valence-electron chi connectivity index (χ3n) is 3.15. The van der Waals surface area contributed by atoms with Crippen molar-refractivity contribution in [3.8, 4) is 5.75 Å². The maximum atomic E-state index is 10.7. The van der Waals surface area contributed by atoms with Crippen molar-refractivity contribution in [2.24, 2.45) is 0 Å². The summed E-state index contributed by atoms with van der Waals surface area (Å²) < 4.78 is 22.2. The summed E-state index contributed by atoms with van der Waals surface area (Å²) in [5, 5.41) is 3.14. The van der Waals surface area contributed by atoms with E-state index in [1.54, 1.807) is 6.20 Å². The Bertz CT molecular complexity index is 519. The Morgan fingerprint density at radius 3 is 3.00 bits per heavy atom. The van der Waals surface area contributed by atoms with E-state index in [0.717, 1.165) is 22.6 Å². The fraction of sp³-hybridized carbons (Fsp3) is 0.615. The fourth-order valence-electron chi connectivity index (χ4n) is 2.06. The molecule has 2 N–H and O–H groups in total. The molecule has 1 aromatic heterocycles. The standard InChI is InChI=1S/C13H21N2O4P/c1-9-12-11(8-18-13(2,3)19-12)10(7-15-9)6-14-4-5-20(16)17/h7,14,20H,4-6,8H2,1-3H3,(H,16,17). The highest BCUT2D eigenvalue weighted by molar-refractivity contribution is 7.38. The van der Waals surface area contributed by atoms with Gasteiger partial charge in [0, 0.05) is 44.9 Å². The Balaban J connectivity index is 2.10. The molecule has 1 aliphatic heterocycles. The number of pyridine rings is 1. The van der Waals surface area contributed by atoms with Gasteiger partial charge in [0.25, 0.3) is 0 Å². The molecule has 20 heavy (non-hydrogen) atoms. The number of hydrogen-bond donors (Lipinski definition) is 2. The molecule has 112 valence electrons. The lowest BCUT2D eigenvalue weighted by Gasteiger charge is -2.34. The van der Waals surface area contributed by atoms with E-state index in [9.17, 15) is 4.57 Å². The molecule has 6 nitrogen and oxygen atoms in total. The van der Waals surface area contributed by atoms with Crippen LogP contribution in [0.4, 0.5) is 0 Å². The first kappa shape index (κ1) is 15.4. The lowest BCUT2D eigenvalue weighted by Crippen LogP contribution is -2.36. The van der Waals surface area contributed by atoms with Gasteiger partial charge in [-0.25, -0.2) is 0 Å². The van der Waals surface area contributed by atoms with Gasteiger partial charge in [-0.1, -0.05) is 0 Å². The molecular formula is C13H21N2O4P. The van der Waals surface area contributed by atoms with Gasteiger partial charge in [0.05, 0.1) is 12.3 Å². The van der Waals surface area contributed by atoms with Crippen molar-refractivity contribution in [1.29, 1.82) is 0 Å². The predicted octanol–water partition coefficient (Wildman–Crippen LogP) is 1.59. The molecule has 7 heteroatoms. The molecular weight excluding hydrogens is 279 g/mol. The smallest absolute Gasteiger partial charge is 0.205 e. The van der Waals surface area contributed by atoms with Crippen LogP contribution in [-0.2, 0) is 22.5 Å². The summed E-state index contributed by atoms with van der Waals surface area (Å²) >= 11 is 0. The van der Waals surface area contributed by atoms with Crippen molar-refractivity contribution >= 4 is 8.03 Å². The molecule has 0 aromatic carbocycles. The molecule has 1 unspecified atom stereocenters. The minimum atomic E-state index is -2.40. The second kappa shape index (κ2) is 6.22. The molecule has 0 spiro atoms. The number of nitrogens with one attached hydrogen (secondary N) is 1. The minimum Gasteiger partial charge on any atom is -0.461 e. The zero-order valence-corrected chi connectivity index (χ0v) is 13.0. The highest BCUT2D eigenvalue weighted by Gasteiger charge is 2.30. The highest BCUT2D eigenvalue weighted by atomic mass is 31.1. The Kier molecular flexibility index (Phi) is 4.81. The van der Waals surface area contributed by atoms with E-state index in [1.807, 2.05) is 20.8 Å². The molecule has 1 aliphatic rings. The van der Waals surface area contributed by atoms with E-state index >= 15 is 0 Å². The summed E-state index contributed by atoms with van der Waals surface area (Å²) in [5.74, 6) is 0.152. The molecule has 0 amide bonds. The Labute approximate surface area is 119 Å². The van der Waals surface area contributed by atoms with Gasteiger partial charge >= 0.3 is 0 Å². The first-order chi connectivity index (χ1) is 9.39. The van der Waals surface area contributed by atoms with Crippen molar-refractivity contribution in [2.75, 3.05) is 12.7 Å². The summed E-state index contributed by atoms with van der Waals surface area (Å²) in [6, 6.07) is 0. The summed E-state index contributed by atoms with van der Waals surface area (Å²) in [6.45, 7) is 7.23. The highest BCUT2D eigenvalue weighted by Crippen LogP contribution is 2.34. The largest absolute Gasteiger partial charge is 0.461 e. The molecule has 0 bridgehead atoms. The Hall–Kier alpha value is -0.940. The van der Waals surface area contributed by atoms with Crippen molar-refractivity contribution in [1.82, 2.24) is 10.3 Å². The van der Waals surface area contributed by atoms with Crippen LogP contribution in [0.15, 0.2) is 6.20 Å². The lowest BCUT2D eigenvalue weighted by molar-refractivity contribution is -0.180. The van der Waals surface area contributed by atoms with Crippen LogP contribution in [0.5, 0.6) is 5.75 Å². The fourth-order valence-corrected chi connectivity index (χ4v) is 2.45. The van der Waals surface area contributed by atoms with Gasteiger partial charge in [0.15, 0.2) is 8.03 Å². The third-order valence-corrected chi connectivity index (χ3v) is 3.83. The summed E-state index contributed by atoms with van der Waals surface area (Å²) in [5.41, 5.74) is 2.85. The van der Waals surface area contributed by atoms with E-state index in [2.05, 4.69) is 10.3 Å². The lowest BCUT2D eigenvalue weighted by atomic mass is 10.1. The molecule has 0 aliphatic carbocycles. The number of hydrogen-bond acceptors (Lipinski definition) is 5. The van der Waals surface area contributed by atoms with Gasteiger partial charge < -0.3 is 19.7 Å². The molecule has 0 fully saturated rings. The van der Waals surface area contributed by atoms with Gasteiger partial charge in [-0.05, 0) is 12.5 Å². The average molecular weight is 300 g/mol. The molecule has 1 aromatic rings. The van der Waals surface area contributed by atoms with Gasteiger partial charge in [0.1, 0.15) is 5.75 Å². The number of ether oxygens (including phenoxy) is 2. The quantitative estimate of drug-likeness (QED) is 0.635. The Morgan fingerprint density at radius 2 is 2.30 bits per heavy atom. The van der Waals surface area contributed by atoms with Crippen LogP contribution in [0.25, 0.3) is 0 Å². The summed E-state index contributed by atoms with van der Waals surface area (Å²) in [7, 11) is -2.40. The zero-order valence-electron chi connectivity index (χ0n) is 12.0. The number of aromatic nitrogens is 1. The van der Waals surface area contributed by atoms with Gasteiger partial charge in [-0.15, -0.1) is 0 Å². The summed E-state index contributed by atoms with van der Waals surface area (Å²) in [4.78, 5) is 13.1. The first-order valence-electron chi connectivity index (χ1n) is 6.62. The van der Waals surface area contributed by atoms with Crippen molar-refractivity contribution in [3.05, 3.63) is 23.0 Å². The number of nitrogens with zero attached hydrogens (tertiary/aromatic N) is 1. The molecule has 2 heterocycles. The van der Waals surface area contributed by atoms with Crippen LogP contribution in [0.1, 0.15) is 30.7 Å². The summed E-state index contributed by atoms with van der Waals surface area (Å²) in [6.07, 6.45) is 2.08. The minimum absolute atomic E-state index is 0.284. The number of rotatable bonds is 5. The van der Waals surface area contributed by atoms with E-state index in [1.165, 1.54) is 0 Å². The van der Waals surface area contributed by atoms with Gasteiger partial charge in [-0.3, -0.25) is 9.55 Å². The van der Waals surface area contributed by atoms with Gasteiger partial charge in [0.2, 0.25) is 5.79 Å². The molecule has 0 radical (unpaired) electrons. The topological polar surface area (TPSA) is 80.7 Å². The van der Waals surface area contributed by atoms with Gasteiger partial charge in [-0.2, -0.15) is 0 Å². The average Bonchev–Trinajstić information content (AvgIpc) is 2.36. The van der Waals surface area contributed by atoms with Crippen LogP contribution in [-0.4, -0.2) is 28.4 Å². The Morgan fingerprint density at radius 1 is 1.55 bits per heavy atom. The molecule has 0 saturated carbocycles. The van der Waals surface area contributed by atoms with Crippen LogP contribution in [0, 0.1) is 6.92 Å². The molecule has 0 saturated heterocycles. The van der Waals surface area contributed by atoms with Crippen LogP contribution in [0.2, 0.25) is 0 Å². The monoisotopic (exact) mass is 300 g/mol. The SMILES string of the molecule is Cc1ncc(CNCC[PH](=O)O)c2c1OC(C)(C)OC2. The van der Waals surface area contributed by atoms with Crippen molar-refractivity contribution in [3.63, 3.8) is 0 Å². The van der Waals surface area contributed by atoms with E-state index in [-0.39, 0.29) is 6.16 Å². The van der Waals surface area contributed by atoms with Crippen LogP contribution >= 0.6 is 8.03 Å². The molecule has 2 rings (SSSR count). The maximum absolute atomic E-state index is 10.7. The van der Waals surface area contributed by atoms with Crippen molar-refractivity contribution < 1.29 is 18.9 Å². The predicted molar refractivity (Wildman–Crippen MR) is 76.3 cm³/mol. The normalized spacial score (nSPS) is 18.2. The van der Waals surface area contributed by atoms with E-state index in [0.29, 0.717) is 19.7 Å². The number of aryl methyl sites for hydroxylation is 1. The van der Waals surface area contributed by atoms with Crippen LogP contribution in [0.3, 0.4) is 0 Å². The first-order valence-corrected chi connectivity index (χ1v) is 8.18. The third kappa shape index (κ3) is 3.79. The van der Waals surface area contributed by atoms with E-state index in [4.69, 9.17) is 14.4 Å². The van der Waals surface area contributed by atoms with Crippen molar-refractivity contribution in [2.45, 2.75) is 39.7 Å². The molecule has 1 atom stereocenters. The second-order valence-electron chi connectivity index (χ2n) is 5.29. The van der Waals surface area contributed by atoms with Crippen LogP contribution < -0.4 is 10.1 Å². The van der Waals surface area contributed by atoms with E-state index < -0.39 is 13.8 Å².